The maximum absolute atomic E-state index is 12.4. The van der Waals surface area contributed by atoms with Crippen molar-refractivity contribution in [2.75, 3.05) is 12.4 Å². The van der Waals surface area contributed by atoms with E-state index in [1.165, 1.54) is 0 Å². The summed E-state index contributed by atoms with van der Waals surface area (Å²) in [5, 5.41) is 8.58. The molecule has 0 aliphatic rings. The van der Waals surface area contributed by atoms with Crippen molar-refractivity contribution in [3.05, 3.63) is 52.9 Å². The van der Waals surface area contributed by atoms with Crippen LogP contribution >= 0.6 is 11.3 Å². The lowest BCUT2D eigenvalue weighted by Gasteiger charge is -2.11. The van der Waals surface area contributed by atoms with Crippen LogP contribution in [0.1, 0.15) is 17.7 Å². The minimum Gasteiger partial charge on any atom is -0.358 e. The highest BCUT2D eigenvalue weighted by Crippen LogP contribution is 2.24. The third kappa shape index (κ3) is 3.33. The van der Waals surface area contributed by atoms with Gasteiger partial charge in [0.2, 0.25) is 11.8 Å². The number of thiophene rings is 1. The van der Waals surface area contributed by atoms with E-state index in [0.29, 0.717) is 0 Å². The number of benzene rings is 1. The van der Waals surface area contributed by atoms with Gasteiger partial charge in [0, 0.05) is 23.8 Å². The second kappa shape index (κ2) is 6.88. The molecule has 0 bridgehead atoms. The van der Waals surface area contributed by atoms with Crippen LogP contribution in [0.5, 0.6) is 0 Å². The minimum absolute atomic E-state index is 0.0405. The first-order chi connectivity index (χ1) is 11.6. The van der Waals surface area contributed by atoms with Crippen LogP contribution in [0.15, 0.2) is 48.0 Å². The summed E-state index contributed by atoms with van der Waals surface area (Å²) in [6.07, 6.45) is 1.87. The average Bonchev–Trinajstić information content (AvgIpc) is 3.24. The molecule has 2 amide bonds. The van der Waals surface area contributed by atoms with E-state index in [9.17, 15) is 9.59 Å². The summed E-state index contributed by atoms with van der Waals surface area (Å²) < 4.78 is 1.87. The summed E-state index contributed by atoms with van der Waals surface area (Å²) in [5.41, 5.74) is 1.65. The Kier molecular flexibility index (Phi) is 4.66. The molecule has 3 rings (SSSR count). The number of nitrogens with zero attached hydrogens (tertiary/aromatic N) is 1. The molecule has 0 saturated heterocycles. The topological polar surface area (TPSA) is 63.1 Å². The molecule has 1 atom stereocenters. The van der Waals surface area contributed by atoms with Gasteiger partial charge in [-0.25, -0.2) is 0 Å². The van der Waals surface area contributed by atoms with Crippen molar-refractivity contribution in [1.82, 2.24) is 9.88 Å². The number of fused-ring (bicyclic) bond motifs is 1. The average molecular weight is 341 g/mol. The number of anilines is 1. The second-order valence-corrected chi connectivity index (χ2v) is 6.60. The van der Waals surface area contributed by atoms with Gasteiger partial charge in [0.15, 0.2) is 0 Å². The lowest BCUT2D eigenvalue weighted by atomic mass is 10.1. The van der Waals surface area contributed by atoms with Gasteiger partial charge < -0.3 is 15.2 Å². The molecule has 0 unspecified atom stereocenters. The number of nitrogens with one attached hydrogen (secondary N) is 2. The molecule has 0 aliphatic carbocycles. The van der Waals surface area contributed by atoms with Crippen LogP contribution in [0, 0.1) is 0 Å². The number of carbonyl (C=O) groups is 2. The van der Waals surface area contributed by atoms with Crippen LogP contribution < -0.4 is 10.6 Å². The van der Waals surface area contributed by atoms with Crippen molar-refractivity contribution < 1.29 is 9.59 Å². The Bertz CT molecular complexity index is 868. The van der Waals surface area contributed by atoms with Crippen LogP contribution in [0.3, 0.4) is 0 Å². The first-order valence-corrected chi connectivity index (χ1v) is 8.60. The van der Waals surface area contributed by atoms with Gasteiger partial charge in [-0.3, -0.25) is 9.59 Å². The van der Waals surface area contributed by atoms with Gasteiger partial charge in [-0.15, -0.1) is 11.3 Å². The second-order valence-electron chi connectivity index (χ2n) is 5.62. The Morgan fingerprint density at radius 1 is 1.25 bits per heavy atom. The fraction of sp³-hybridized carbons (Fsp3) is 0.222. The lowest BCUT2D eigenvalue weighted by Crippen LogP contribution is -2.23. The van der Waals surface area contributed by atoms with E-state index in [1.54, 1.807) is 18.4 Å². The first-order valence-electron chi connectivity index (χ1n) is 7.72. The van der Waals surface area contributed by atoms with E-state index >= 15 is 0 Å². The molecule has 0 aliphatic heterocycles. The molecular formula is C18H19N3O2S. The predicted molar refractivity (Wildman–Crippen MR) is 97.4 cm³/mol. The number of aromatic nitrogens is 1. The highest BCUT2D eigenvalue weighted by molar-refractivity contribution is 7.10. The number of amides is 2. The smallest absolute Gasteiger partial charge is 0.239 e. The van der Waals surface area contributed by atoms with Gasteiger partial charge in [0.05, 0.1) is 11.4 Å². The van der Waals surface area contributed by atoms with Crippen molar-refractivity contribution in [2.45, 2.75) is 19.4 Å². The summed E-state index contributed by atoms with van der Waals surface area (Å²) in [7, 11) is 1.62. The molecule has 0 saturated carbocycles. The molecule has 6 heteroatoms. The molecule has 3 aromatic rings. The molecule has 1 aromatic carbocycles. The third-order valence-corrected chi connectivity index (χ3v) is 5.05. The SMILES string of the molecule is CNC(=O)Cn1ccc2ccc(NC(=O)[C@@H](C)c3cccs3)cc21. The van der Waals surface area contributed by atoms with E-state index in [4.69, 9.17) is 0 Å². The number of carbonyl (C=O) groups excluding carboxylic acids is 2. The summed E-state index contributed by atoms with van der Waals surface area (Å²) in [5.74, 6) is -0.298. The van der Waals surface area contributed by atoms with Gasteiger partial charge in [-0.05, 0) is 42.0 Å². The van der Waals surface area contributed by atoms with Crippen molar-refractivity contribution in [2.24, 2.45) is 0 Å². The maximum Gasteiger partial charge on any atom is 0.239 e. The Morgan fingerprint density at radius 2 is 2.08 bits per heavy atom. The molecule has 0 fully saturated rings. The van der Waals surface area contributed by atoms with Crippen molar-refractivity contribution in [3.63, 3.8) is 0 Å². The summed E-state index contributed by atoms with van der Waals surface area (Å²) >= 11 is 1.58. The normalized spacial score (nSPS) is 12.1. The van der Waals surface area contributed by atoms with Crippen LogP contribution in [-0.4, -0.2) is 23.4 Å². The summed E-state index contributed by atoms with van der Waals surface area (Å²) in [6.45, 7) is 2.15. The molecule has 124 valence electrons. The predicted octanol–water partition coefficient (Wildman–Crippen LogP) is 3.19. The quantitative estimate of drug-likeness (QED) is 0.748. The van der Waals surface area contributed by atoms with Crippen LogP contribution in [0.4, 0.5) is 5.69 Å². The zero-order chi connectivity index (χ0) is 17.1. The summed E-state index contributed by atoms with van der Waals surface area (Å²) in [6, 6.07) is 11.6. The van der Waals surface area contributed by atoms with Crippen molar-refractivity contribution >= 4 is 39.7 Å². The van der Waals surface area contributed by atoms with E-state index in [2.05, 4.69) is 10.6 Å². The molecule has 24 heavy (non-hydrogen) atoms. The molecule has 0 spiro atoms. The highest BCUT2D eigenvalue weighted by atomic mass is 32.1. The number of hydrogen-bond donors (Lipinski definition) is 2. The van der Waals surface area contributed by atoms with E-state index in [-0.39, 0.29) is 24.3 Å². The van der Waals surface area contributed by atoms with Crippen LogP contribution in [-0.2, 0) is 16.1 Å². The Hall–Kier alpha value is -2.60. The molecule has 0 radical (unpaired) electrons. The van der Waals surface area contributed by atoms with Gasteiger partial charge >= 0.3 is 0 Å². The van der Waals surface area contributed by atoms with Crippen molar-refractivity contribution in [1.29, 1.82) is 0 Å². The molecular weight excluding hydrogens is 322 g/mol. The Morgan fingerprint density at radius 3 is 2.79 bits per heavy atom. The standard InChI is InChI=1S/C18H19N3O2S/c1-12(16-4-3-9-24-16)18(23)20-14-6-5-13-7-8-21(15(13)10-14)11-17(22)19-2/h3-10,12H,11H2,1-2H3,(H,19,22)(H,20,23)/t12-/m0/s1. The number of hydrogen-bond acceptors (Lipinski definition) is 3. The van der Waals surface area contributed by atoms with E-state index in [1.807, 2.05) is 59.5 Å². The van der Waals surface area contributed by atoms with Crippen molar-refractivity contribution in [3.8, 4) is 0 Å². The first kappa shape index (κ1) is 16.3. The van der Waals surface area contributed by atoms with Gasteiger partial charge in [-0.2, -0.15) is 0 Å². The zero-order valence-corrected chi connectivity index (χ0v) is 14.4. The van der Waals surface area contributed by atoms with Gasteiger partial charge in [0.1, 0.15) is 6.54 Å². The molecule has 2 N–H and O–H groups in total. The third-order valence-electron chi connectivity index (χ3n) is 4.00. The Labute approximate surface area is 144 Å². The fourth-order valence-corrected chi connectivity index (χ4v) is 3.33. The fourth-order valence-electron chi connectivity index (χ4n) is 2.55. The molecule has 2 heterocycles. The van der Waals surface area contributed by atoms with E-state index < -0.39 is 0 Å². The summed E-state index contributed by atoms with van der Waals surface area (Å²) in [4.78, 5) is 25.1. The van der Waals surface area contributed by atoms with Gasteiger partial charge in [-0.1, -0.05) is 12.1 Å². The Balaban J connectivity index is 1.81. The van der Waals surface area contributed by atoms with Gasteiger partial charge in [0.25, 0.3) is 0 Å². The van der Waals surface area contributed by atoms with E-state index in [0.717, 1.165) is 21.5 Å². The maximum atomic E-state index is 12.4. The molecule has 2 aromatic heterocycles. The van der Waals surface area contributed by atoms with Crippen LogP contribution in [0.2, 0.25) is 0 Å². The monoisotopic (exact) mass is 341 g/mol. The highest BCUT2D eigenvalue weighted by Gasteiger charge is 2.16. The number of likely N-dealkylation sites (N-methyl/N-ethyl adjacent to an activating group) is 1. The van der Waals surface area contributed by atoms with Crippen LogP contribution in [0.25, 0.3) is 10.9 Å². The minimum atomic E-state index is -0.196. The zero-order valence-electron chi connectivity index (χ0n) is 13.6. The largest absolute Gasteiger partial charge is 0.358 e. The molecule has 5 nitrogen and oxygen atoms in total. The lowest BCUT2D eigenvalue weighted by molar-refractivity contribution is -0.121. The number of rotatable bonds is 5.